The van der Waals surface area contributed by atoms with E-state index in [4.69, 9.17) is 4.74 Å². The number of amides is 2. The predicted molar refractivity (Wildman–Crippen MR) is 92.0 cm³/mol. The van der Waals surface area contributed by atoms with E-state index in [1.54, 1.807) is 30.3 Å². The monoisotopic (exact) mass is 325 g/mol. The summed E-state index contributed by atoms with van der Waals surface area (Å²) in [4.78, 5) is 22.6. The highest BCUT2D eigenvalue weighted by atomic mass is 16.5. The number of urea groups is 1. The van der Waals surface area contributed by atoms with Gasteiger partial charge in [-0.25, -0.2) is 14.8 Å². The molecule has 124 valence electrons. The number of para-hydroxylation sites is 2. The Balaban J connectivity index is 1.75. The van der Waals surface area contributed by atoms with Crippen molar-refractivity contribution in [2.24, 2.45) is 7.05 Å². The molecule has 0 unspecified atom stereocenters. The van der Waals surface area contributed by atoms with E-state index >= 15 is 0 Å². The van der Waals surface area contributed by atoms with E-state index in [0.29, 0.717) is 18.1 Å². The van der Waals surface area contributed by atoms with Crippen LogP contribution in [0, 0.1) is 0 Å². The second-order valence-electron chi connectivity index (χ2n) is 5.42. The Hall–Kier alpha value is -3.09. The van der Waals surface area contributed by atoms with Gasteiger partial charge < -0.3 is 19.5 Å². The minimum absolute atomic E-state index is 0.256. The summed E-state index contributed by atoms with van der Waals surface area (Å²) >= 11 is 0. The zero-order valence-electron chi connectivity index (χ0n) is 13.9. The van der Waals surface area contributed by atoms with E-state index in [1.807, 2.05) is 35.9 Å². The number of methoxy groups -OCH3 is 1. The zero-order valence-corrected chi connectivity index (χ0v) is 13.9. The Morgan fingerprint density at radius 2 is 2.08 bits per heavy atom. The van der Waals surface area contributed by atoms with Crippen molar-refractivity contribution < 1.29 is 9.53 Å². The molecule has 7 heteroatoms. The second-order valence-corrected chi connectivity index (χ2v) is 5.42. The number of ether oxygens (including phenoxy) is 1. The highest BCUT2D eigenvalue weighted by molar-refractivity contribution is 5.90. The Morgan fingerprint density at radius 1 is 1.29 bits per heavy atom. The SMILES string of the molecule is COc1ncccc1NC(=O)N(C)Cc1nc2ccccc2n1C. The number of rotatable bonds is 4. The van der Waals surface area contributed by atoms with E-state index in [0.717, 1.165) is 16.9 Å². The van der Waals surface area contributed by atoms with Crippen LogP contribution in [0.3, 0.4) is 0 Å². The van der Waals surface area contributed by atoms with Gasteiger partial charge in [0.2, 0.25) is 5.88 Å². The van der Waals surface area contributed by atoms with E-state index in [1.165, 1.54) is 7.11 Å². The largest absolute Gasteiger partial charge is 0.480 e. The molecule has 1 N–H and O–H groups in total. The molecule has 0 spiro atoms. The van der Waals surface area contributed by atoms with E-state index in [2.05, 4.69) is 15.3 Å². The fraction of sp³-hybridized carbons (Fsp3) is 0.235. The minimum Gasteiger partial charge on any atom is -0.480 e. The van der Waals surface area contributed by atoms with Gasteiger partial charge in [0.15, 0.2) is 0 Å². The third-order valence-electron chi connectivity index (χ3n) is 3.81. The number of nitrogens with one attached hydrogen (secondary N) is 1. The third-order valence-corrected chi connectivity index (χ3v) is 3.81. The number of aromatic nitrogens is 3. The molecular weight excluding hydrogens is 306 g/mol. The van der Waals surface area contributed by atoms with Crippen LogP contribution in [-0.2, 0) is 13.6 Å². The lowest BCUT2D eigenvalue weighted by Gasteiger charge is -2.18. The van der Waals surface area contributed by atoms with Gasteiger partial charge in [0, 0.05) is 20.3 Å². The average Bonchev–Trinajstić information content (AvgIpc) is 2.91. The van der Waals surface area contributed by atoms with Gasteiger partial charge in [0.1, 0.15) is 11.5 Å². The molecule has 0 radical (unpaired) electrons. The highest BCUT2D eigenvalue weighted by Crippen LogP contribution is 2.20. The molecule has 3 aromatic rings. The van der Waals surface area contributed by atoms with Crippen LogP contribution < -0.4 is 10.1 Å². The molecule has 7 nitrogen and oxygen atoms in total. The van der Waals surface area contributed by atoms with E-state index in [-0.39, 0.29) is 6.03 Å². The molecule has 0 atom stereocenters. The van der Waals surface area contributed by atoms with Gasteiger partial charge in [-0.1, -0.05) is 12.1 Å². The zero-order chi connectivity index (χ0) is 17.1. The Kier molecular flexibility index (Phi) is 4.33. The van der Waals surface area contributed by atoms with Crippen molar-refractivity contribution in [3.8, 4) is 5.88 Å². The van der Waals surface area contributed by atoms with E-state index < -0.39 is 0 Å². The number of hydrogen-bond donors (Lipinski definition) is 1. The van der Waals surface area contributed by atoms with Gasteiger partial charge in [0.05, 0.1) is 24.7 Å². The van der Waals surface area contributed by atoms with Crippen LogP contribution in [0.1, 0.15) is 5.82 Å². The van der Waals surface area contributed by atoms with Crippen molar-refractivity contribution in [3.63, 3.8) is 0 Å². The number of pyridine rings is 1. The van der Waals surface area contributed by atoms with Crippen molar-refractivity contribution in [2.45, 2.75) is 6.54 Å². The third kappa shape index (κ3) is 3.01. The summed E-state index contributed by atoms with van der Waals surface area (Å²) in [6.45, 7) is 0.388. The fourth-order valence-electron chi connectivity index (χ4n) is 2.48. The normalized spacial score (nSPS) is 10.6. The molecule has 0 bridgehead atoms. The number of carbonyl (C=O) groups is 1. The molecule has 24 heavy (non-hydrogen) atoms. The summed E-state index contributed by atoms with van der Waals surface area (Å²) in [5.74, 6) is 1.19. The lowest BCUT2D eigenvalue weighted by molar-refractivity contribution is 0.219. The molecule has 0 saturated carbocycles. The molecule has 0 aliphatic heterocycles. The number of imidazole rings is 1. The molecular formula is C17H19N5O2. The maximum Gasteiger partial charge on any atom is 0.322 e. The number of nitrogens with zero attached hydrogens (tertiary/aromatic N) is 4. The number of aryl methyl sites for hydroxylation is 1. The van der Waals surface area contributed by atoms with Crippen LogP contribution in [-0.4, -0.2) is 39.6 Å². The first-order valence-electron chi connectivity index (χ1n) is 7.51. The minimum atomic E-state index is -0.256. The summed E-state index contributed by atoms with van der Waals surface area (Å²) in [6, 6.07) is 11.1. The summed E-state index contributed by atoms with van der Waals surface area (Å²) in [5, 5.41) is 2.80. The topological polar surface area (TPSA) is 72.3 Å². The van der Waals surface area contributed by atoms with Crippen LogP contribution in [0.4, 0.5) is 10.5 Å². The molecule has 2 amide bonds. The Bertz CT molecular complexity index is 874. The number of fused-ring (bicyclic) bond motifs is 1. The lowest BCUT2D eigenvalue weighted by atomic mass is 10.3. The van der Waals surface area contributed by atoms with Crippen LogP contribution >= 0.6 is 0 Å². The van der Waals surface area contributed by atoms with E-state index in [9.17, 15) is 4.79 Å². The molecule has 2 heterocycles. The smallest absolute Gasteiger partial charge is 0.322 e. The Labute approximate surface area is 139 Å². The Morgan fingerprint density at radius 3 is 2.83 bits per heavy atom. The molecule has 3 rings (SSSR count). The summed E-state index contributed by atoms with van der Waals surface area (Å²) in [7, 11) is 5.18. The number of benzene rings is 1. The molecule has 0 aliphatic carbocycles. The highest BCUT2D eigenvalue weighted by Gasteiger charge is 2.15. The van der Waals surface area contributed by atoms with Gasteiger partial charge in [-0.2, -0.15) is 0 Å². The van der Waals surface area contributed by atoms with Gasteiger partial charge >= 0.3 is 6.03 Å². The molecule has 1 aromatic carbocycles. The van der Waals surface area contributed by atoms with Gasteiger partial charge in [-0.05, 0) is 24.3 Å². The molecule has 2 aromatic heterocycles. The van der Waals surface area contributed by atoms with Gasteiger partial charge in [0.25, 0.3) is 0 Å². The number of carbonyl (C=O) groups excluding carboxylic acids is 1. The van der Waals surface area contributed by atoms with Crippen molar-refractivity contribution in [3.05, 3.63) is 48.4 Å². The first-order chi connectivity index (χ1) is 11.6. The van der Waals surface area contributed by atoms with Crippen LogP contribution in [0.2, 0.25) is 0 Å². The molecule has 0 fully saturated rings. The fourth-order valence-corrected chi connectivity index (χ4v) is 2.48. The average molecular weight is 325 g/mol. The summed E-state index contributed by atoms with van der Waals surface area (Å²) < 4.78 is 7.13. The van der Waals surface area contributed by atoms with Crippen molar-refractivity contribution in [1.29, 1.82) is 0 Å². The predicted octanol–water partition coefficient (Wildman–Crippen LogP) is 2.64. The quantitative estimate of drug-likeness (QED) is 0.800. The van der Waals surface area contributed by atoms with Crippen molar-refractivity contribution >= 4 is 22.8 Å². The molecule has 0 saturated heterocycles. The maximum absolute atomic E-state index is 12.4. The lowest BCUT2D eigenvalue weighted by Crippen LogP contribution is -2.32. The first-order valence-corrected chi connectivity index (χ1v) is 7.51. The van der Waals surface area contributed by atoms with Gasteiger partial charge in [-0.3, -0.25) is 0 Å². The van der Waals surface area contributed by atoms with Crippen LogP contribution in [0.25, 0.3) is 11.0 Å². The summed E-state index contributed by atoms with van der Waals surface area (Å²) in [5.41, 5.74) is 2.48. The molecule has 0 aliphatic rings. The van der Waals surface area contributed by atoms with Crippen LogP contribution in [0.15, 0.2) is 42.6 Å². The first kappa shape index (κ1) is 15.8. The standard InChI is InChI=1S/C17H19N5O2/c1-21(17(23)20-13-8-6-10-18-16(13)24-3)11-15-19-12-7-4-5-9-14(12)22(15)2/h4-10H,11H2,1-3H3,(H,20,23). The van der Waals surface area contributed by atoms with Crippen LogP contribution in [0.5, 0.6) is 5.88 Å². The van der Waals surface area contributed by atoms with Crippen molar-refractivity contribution in [1.82, 2.24) is 19.4 Å². The second kappa shape index (κ2) is 6.57. The summed E-state index contributed by atoms with van der Waals surface area (Å²) in [6.07, 6.45) is 1.61. The van der Waals surface area contributed by atoms with Crippen molar-refractivity contribution in [2.75, 3.05) is 19.5 Å². The maximum atomic E-state index is 12.4. The number of hydrogen-bond acceptors (Lipinski definition) is 4. The van der Waals surface area contributed by atoms with Gasteiger partial charge in [-0.15, -0.1) is 0 Å². The number of anilines is 1.